The van der Waals surface area contributed by atoms with Gasteiger partial charge in [-0.3, -0.25) is 0 Å². The van der Waals surface area contributed by atoms with Crippen LogP contribution in [0, 0.1) is 0 Å². The Kier molecular flexibility index (Phi) is 4.56. The highest BCUT2D eigenvalue weighted by Crippen LogP contribution is 2.40. The van der Waals surface area contributed by atoms with Gasteiger partial charge in [0.25, 0.3) is 5.78 Å². The maximum absolute atomic E-state index is 6.28. The van der Waals surface area contributed by atoms with Crippen molar-refractivity contribution in [3.8, 4) is 11.1 Å². The Balaban J connectivity index is 1.44. The molecule has 0 unspecified atom stereocenters. The third-order valence-corrected chi connectivity index (χ3v) is 6.58. The van der Waals surface area contributed by atoms with E-state index in [0.29, 0.717) is 10.8 Å². The summed E-state index contributed by atoms with van der Waals surface area (Å²) in [6.45, 7) is 0. The van der Waals surface area contributed by atoms with E-state index in [1.807, 2.05) is 25.2 Å². The van der Waals surface area contributed by atoms with Crippen LogP contribution in [-0.4, -0.2) is 26.6 Å². The van der Waals surface area contributed by atoms with Gasteiger partial charge in [-0.1, -0.05) is 48.0 Å². The molecule has 32 heavy (non-hydrogen) atoms. The van der Waals surface area contributed by atoms with Gasteiger partial charge in [0, 0.05) is 23.1 Å². The number of hydrogen-bond acceptors (Lipinski definition) is 4. The molecule has 6 rings (SSSR count). The molecule has 0 N–H and O–H groups in total. The van der Waals surface area contributed by atoms with Crippen molar-refractivity contribution >= 4 is 51.4 Å². The van der Waals surface area contributed by atoms with E-state index in [4.69, 9.17) is 28.2 Å². The molecule has 0 amide bonds. The smallest absolute Gasteiger partial charge is 0.258 e. The normalized spacial score (nSPS) is 13.7. The van der Waals surface area contributed by atoms with E-state index < -0.39 is 0 Å². The molecule has 3 aromatic carbocycles. The van der Waals surface area contributed by atoms with E-state index in [2.05, 4.69) is 63.6 Å². The molecule has 0 spiro atoms. The van der Waals surface area contributed by atoms with Crippen LogP contribution in [0.25, 0.3) is 27.8 Å². The molecule has 0 aliphatic heterocycles. The highest BCUT2D eigenvalue weighted by molar-refractivity contribution is 6.31. The second-order valence-corrected chi connectivity index (χ2v) is 8.98. The lowest BCUT2D eigenvalue weighted by molar-refractivity contribution is 1.08. The first-order valence-electron chi connectivity index (χ1n) is 10.5. The molecule has 1 fully saturated rings. The van der Waals surface area contributed by atoms with Gasteiger partial charge < -0.3 is 4.90 Å². The minimum absolute atomic E-state index is 0.255. The predicted octanol–water partition coefficient (Wildman–Crippen LogP) is 6.90. The molecule has 5 nitrogen and oxygen atoms in total. The highest BCUT2D eigenvalue weighted by atomic mass is 35.5. The third-order valence-electron chi connectivity index (χ3n) is 6.10. The second-order valence-electron chi connectivity index (χ2n) is 8.21. The van der Waals surface area contributed by atoms with E-state index in [1.165, 1.54) is 24.0 Å². The van der Waals surface area contributed by atoms with Gasteiger partial charge in [0.05, 0.1) is 5.52 Å². The quantitative estimate of drug-likeness (QED) is 0.293. The summed E-state index contributed by atoms with van der Waals surface area (Å²) in [6.07, 6.45) is 2.63. The van der Waals surface area contributed by atoms with Gasteiger partial charge in [-0.05, 0) is 77.4 Å². The lowest BCUT2D eigenvalue weighted by Gasteiger charge is -2.21. The molecule has 2 aromatic heterocycles. The third kappa shape index (κ3) is 3.29. The summed E-state index contributed by atoms with van der Waals surface area (Å²) in [4.78, 5) is 6.81. The molecule has 0 atom stereocenters. The molecule has 1 saturated carbocycles. The van der Waals surface area contributed by atoms with Crippen molar-refractivity contribution < 1.29 is 0 Å². The molecular formula is C25H19Cl2N5. The summed E-state index contributed by atoms with van der Waals surface area (Å²) in [6, 6.07) is 23.1. The fourth-order valence-electron chi connectivity index (χ4n) is 4.21. The molecule has 0 radical (unpaired) electrons. The van der Waals surface area contributed by atoms with Crippen molar-refractivity contribution in [2.24, 2.45) is 0 Å². The fraction of sp³-hybridized carbons (Fsp3) is 0.160. The fourth-order valence-corrected chi connectivity index (χ4v) is 4.58. The highest BCUT2D eigenvalue weighted by Gasteiger charge is 2.23. The summed E-state index contributed by atoms with van der Waals surface area (Å²) >= 11 is 12.5. The molecule has 1 aliphatic carbocycles. The SMILES string of the molecule is CN(c1cccc(-c2ccc(C3CC3)cc2)c1)c1nc2nnc(Cl)n2c2cc(Cl)ccc12. The summed E-state index contributed by atoms with van der Waals surface area (Å²) in [5, 5.41) is 9.88. The van der Waals surface area contributed by atoms with Crippen LogP contribution in [0.3, 0.4) is 0 Å². The molecule has 5 aromatic rings. The van der Waals surface area contributed by atoms with Gasteiger partial charge in [-0.2, -0.15) is 4.98 Å². The maximum atomic E-state index is 6.28. The molecule has 7 heteroatoms. The van der Waals surface area contributed by atoms with Gasteiger partial charge in [-0.15, -0.1) is 10.2 Å². The number of hydrogen-bond donors (Lipinski definition) is 0. The minimum Gasteiger partial charge on any atom is -0.329 e. The topological polar surface area (TPSA) is 46.3 Å². The van der Waals surface area contributed by atoms with E-state index in [-0.39, 0.29) is 5.28 Å². The zero-order valence-corrected chi connectivity index (χ0v) is 18.8. The van der Waals surface area contributed by atoms with Gasteiger partial charge >= 0.3 is 0 Å². The number of anilines is 2. The van der Waals surface area contributed by atoms with Crippen LogP contribution in [0.2, 0.25) is 10.3 Å². The van der Waals surface area contributed by atoms with Gasteiger partial charge in [0.15, 0.2) is 0 Å². The van der Waals surface area contributed by atoms with Crippen molar-refractivity contribution in [3.05, 3.63) is 82.6 Å². The molecule has 0 bridgehead atoms. The van der Waals surface area contributed by atoms with E-state index in [9.17, 15) is 0 Å². The summed E-state index contributed by atoms with van der Waals surface area (Å²) < 4.78 is 1.71. The van der Waals surface area contributed by atoms with Crippen LogP contribution in [-0.2, 0) is 0 Å². The number of rotatable bonds is 4. The van der Waals surface area contributed by atoms with Gasteiger partial charge in [0.1, 0.15) is 5.82 Å². The number of benzene rings is 3. The van der Waals surface area contributed by atoms with Crippen molar-refractivity contribution in [1.29, 1.82) is 0 Å². The predicted molar refractivity (Wildman–Crippen MR) is 130 cm³/mol. The standard InChI is InChI=1S/C25H19Cl2N5/c1-31(20-4-2-3-18(13-20)17-9-7-16(8-10-17)15-5-6-15)23-21-12-11-19(26)14-22(21)32-24(27)29-30-25(32)28-23/h2-4,7-15H,5-6H2,1H3. The average Bonchev–Trinajstić information content (AvgIpc) is 3.61. The van der Waals surface area contributed by atoms with Gasteiger partial charge in [0.2, 0.25) is 5.28 Å². The molecule has 1 aliphatic rings. The van der Waals surface area contributed by atoms with Crippen LogP contribution in [0.1, 0.15) is 24.3 Å². The zero-order chi connectivity index (χ0) is 21.8. The first-order chi connectivity index (χ1) is 15.6. The lowest BCUT2D eigenvalue weighted by atomic mass is 10.0. The number of aromatic nitrogens is 4. The zero-order valence-electron chi connectivity index (χ0n) is 17.3. The summed E-state index contributed by atoms with van der Waals surface area (Å²) in [5.74, 6) is 1.95. The van der Waals surface area contributed by atoms with E-state index in [0.717, 1.165) is 33.9 Å². The number of nitrogens with zero attached hydrogens (tertiary/aromatic N) is 5. The van der Waals surface area contributed by atoms with E-state index in [1.54, 1.807) is 4.40 Å². The average molecular weight is 460 g/mol. The van der Waals surface area contributed by atoms with Crippen molar-refractivity contribution in [3.63, 3.8) is 0 Å². The Morgan fingerprint density at radius 1 is 0.906 bits per heavy atom. The van der Waals surface area contributed by atoms with E-state index >= 15 is 0 Å². The second kappa shape index (κ2) is 7.47. The van der Waals surface area contributed by atoms with Crippen LogP contribution in [0.15, 0.2) is 66.7 Å². The molecule has 0 saturated heterocycles. The minimum atomic E-state index is 0.255. The Bertz CT molecular complexity index is 1470. The van der Waals surface area contributed by atoms with Crippen LogP contribution in [0.4, 0.5) is 11.5 Å². The lowest BCUT2D eigenvalue weighted by Crippen LogP contribution is -2.13. The Morgan fingerprint density at radius 3 is 2.50 bits per heavy atom. The maximum Gasteiger partial charge on any atom is 0.258 e. The Morgan fingerprint density at radius 2 is 1.72 bits per heavy atom. The molecule has 158 valence electrons. The summed E-state index contributed by atoms with van der Waals surface area (Å²) in [7, 11) is 2.00. The number of halogens is 2. The molecule has 2 heterocycles. The first kappa shape index (κ1) is 19.5. The largest absolute Gasteiger partial charge is 0.329 e. The van der Waals surface area contributed by atoms with Crippen LogP contribution < -0.4 is 4.90 Å². The monoisotopic (exact) mass is 459 g/mol. The van der Waals surface area contributed by atoms with Crippen molar-refractivity contribution in [2.75, 3.05) is 11.9 Å². The summed E-state index contributed by atoms with van der Waals surface area (Å²) in [5.41, 5.74) is 5.64. The van der Waals surface area contributed by atoms with Crippen molar-refractivity contribution in [1.82, 2.24) is 19.6 Å². The Labute approximate surface area is 195 Å². The Hall–Kier alpha value is -3.15. The molecular weight excluding hydrogens is 441 g/mol. The number of fused-ring (bicyclic) bond motifs is 3. The van der Waals surface area contributed by atoms with Crippen LogP contribution >= 0.6 is 23.2 Å². The van der Waals surface area contributed by atoms with Crippen LogP contribution in [0.5, 0.6) is 0 Å². The first-order valence-corrected chi connectivity index (χ1v) is 11.3. The van der Waals surface area contributed by atoms with Gasteiger partial charge in [-0.25, -0.2) is 4.40 Å². The van der Waals surface area contributed by atoms with Crippen molar-refractivity contribution in [2.45, 2.75) is 18.8 Å².